The Morgan fingerprint density at radius 1 is 1.56 bits per heavy atom. The molecule has 1 atom stereocenters. The number of carbonyl (C=O) groups is 1. The third-order valence-electron chi connectivity index (χ3n) is 2.91. The lowest BCUT2D eigenvalue weighted by atomic mass is 10.1. The predicted molar refractivity (Wildman–Crippen MR) is 70.5 cm³/mol. The molecule has 1 aromatic rings. The number of anilines is 1. The van der Waals surface area contributed by atoms with Gasteiger partial charge in [-0.1, -0.05) is 11.6 Å². The minimum Gasteiger partial charge on any atom is -0.312 e. The number of thiol groups is 1. The van der Waals surface area contributed by atoms with E-state index in [1.807, 2.05) is 30.0 Å². The van der Waals surface area contributed by atoms with Crippen molar-refractivity contribution in [1.29, 1.82) is 0 Å². The smallest absolute Gasteiger partial charge is 0.227 e. The molecular formula is C12H14ClNOS. The van der Waals surface area contributed by atoms with Crippen LogP contribution in [-0.4, -0.2) is 18.2 Å². The summed E-state index contributed by atoms with van der Waals surface area (Å²) in [6.07, 6.45) is 0.603. The minimum atomic E-state index is 0.185. The molecule has 0 aliphatic carbocycles. The maximum absolute atomic E-state index is 11.8. The minimum absolute atomic E-state index is 0.185. The first kappa shape index (κ1) is 11.8. The van der Waals surface area contributed by atoms with Crippen LogP contribution in [-0.2, 0) is 4.79 Å². The monoisotopic (exact) mass is 255 g/mol. The van der Waals surface area contributed by atoms with Gasteiger partial charge in [-0.2, -0.15) is 12.6 Å². The van der Waals surface area contributed by atoms with Gasteiger partial charge in [0.25, 0.3) is 0 Å². The first-order valence-electron chi connectivity index (χ1n) is 5.29. The van der Waals surface area contributed by atoms with Gasteiger partial charge in [-0.15, -0.1) is 0 Å². The molecule has 0 saturated carbocycles. The number of rotatable bonds is 2. The summed E-state index contributed by atoms with van der Waals surface area (Å²) in [4.78, 5) is 13.7. The molecule has 0 spiro atoms. The Kier molecular flexibility index (Phi) is 3.45. The van der Waals surface area contributed by atoms with E-state index < -0.39 is 0 Å². The zero-order valence-electron chi connectivity index (χ0n) is 9.11. The van der Waals surface area contributed by atoms with Gasteiger partial charge in [0.15, 0.2) is 0 Å². The lowest BCUT2D eigenvalue weighted by Crippen LogP contribution is -2.25. The van der Waals surface area contributed by atoms with Crippen molar-refractivity contribution in [2.75, 3.05) is 17.2 Å². The number of carbonyl (C=O) groups excluding carboxylic acids is 1. The third kappa shape index (κ3) is 2.20. The zero-order chi connectivity index (χ0) is 11.7. The second kappa shape index (κ2) is 4.68. The van der Waals surface area contributed by atoms with E-state index >= 15 is 0 Å². The van der Waals surface area contributed by atoms with Crippen LogP contribution in [0.5, 0.6) is 0 Å². The topological polar surface area (TPSA) is 20.3 Å². The van der Waals surface area contributed by atoms with Crippen LogP contribution in [0.3, 0.4) is 0 Å². The SMILES string of the molecule is Cc1cc(Cl)ccc1N1CC(CS)CC1=O. The van der Waals surface area contributed by atoms with E-state index in [1.165, 1.54) is 0 Å². The second-order valence-electron chi connectivity index (χ2n) is 4.19. The number of nitrogens with zero attached hydrogens (tertiary/aromatic N) is 1. The summed E-state index contributed by atoms with van der Waals surface area (Å²) in [5, 5.41) is 0.707. The van der Waals surface area contributed by atoms with E-state index in [2.05, 4.69) is 12.6 Å². The molecule has 0 aromatic heterocycles. The molecule has 16 heavy (non-hydrogen) atoms. The van der Waals surface area contributed by atoms with E-state index in [0.29, 0.717) is 17.4 Å². The molecule has 0 radical (unpaired) electrons. The molecule has 0 bridgehead atoms. The number of halogens is 1. The molecule has 1 aromatic carbocycles. The largest absolute Gasteiger partial charge is 0.312 e. The van der Waals surface area contributed by atoms with Gasteiger partial charge < -0.3 is 4.90 Å². The summed E-state index contributed by atoms with van der Waals surface area (Å²) in [6, 6.07) is 5.62. The highest BCUT2D eigenvalue weighted by molar-refractivity contribution is 7.80. The van der Waals surface area contributed by atoms with Gasteiger partial charge >= 0.3 is 0 Å². The van der Waals surface area contributed by atoms with Crippen molar-refractivity contribution >= 4 is 35.8 Å². The molecule has 1 saturated heterocycles. The van der Waals surface area contributed by atoms with E-state index in [4.69, 9.17) is 11.6 Å². The zero-order valence-corrected chi connectivity index (χ0v) is 10.8. The van der Waals surface area contributed by atoms with Gasteiger partial charge in [0.2, 0.25) is 5.91 Å². The second-order valence-corrected chi connectivity index (χ2v) is 4.99. The lowest BCUT2D eigenvalue weighted by Gasteiger charge is -2.19. The average Bonchev–Trinajstić information content (AvgIpc) is 2.60. The first-order valence-corrected chi connectivity index (χ1v) is 6.30. The molecule has 1 amide bonds. The van der Waals surface area contributed by atoms with Crippen LogP contribution in [0.4, 0.5) is 5.69 Å². The molecule has 2 nitrogen and oxygen atoms in total. The van der Waals surface area contributed by atoms with Crippen LogP contribution in [0, 0.1) is 12.8 Å². The molecule has 4 heteroatoms. The van der Waals surface area contributed by atoms with Gasteiger partial charge in [0, 0.05) is 23.7 Å². The number of hydrogen-bond donors (Lipinski definition) is 1. The number of amides is 1. The average molecular weight is 256 g/mol. The normalized spacial score (nSPS) is 20.6. The maximum Gasteiger partial charge on any atom is 0.227 e. The van der Waals surface area contributed by atoms with Gasteiger partial charge in [-0.05, 0) is 42.4 Å². The molecule has 2 rings (SSSR count). The maximum atomic E-state index is 11.8. The summed E-state index contributed by atoms with van der Waals surface area (Å²) in [6.45, 7) is 2.74. The van der Waals surface area contributed by atoms with Crippen LogP contribution in [0.25, 0.3) is 0 Å². The highest BCUT2D eigenvalue weighted by Crippen LogP contribution is 2.29. The summed E-state index contributed by atoms with van der Waals surface area (Å²) >= 11 is 10.2. The molecular weight excluding hydrogens is 242 g/mol. The third-order valence-corrected chi connectivity index (χ3v) is 3.66. The molecule has 1 aliphatic heterocycles. The summed E-state index contributed by atoms with van der Waals surface area (Å²) in [5.41, 5.74) is 2.01. The Hall–Kier alpha value is -0.670. The van der Waals surface area contributed by atoms with E-state index in [-0.39, 0.29) is 5.91 Å². The van der Waals surface area contributed by atoms with Crippen LogP contribution >= 0.6 is 24.2 Å². The van der Waals surface area contributed by atoms with Crippen LogP contribution < -0.4 is 4.90 Å². The van der Waals surface area contributed by atoms with Gasteiger partial charge in [-0.25, -0.2) is 0 Å². The van der Waals surface area contributed by atoms with Crippen molar-refractivity contribution in [3.63, 3.8) is 0 Å². The summed E-state index contributed by atoms with van der Waals surface area (Å²) in [5.74, 6) is 1.31. The molecule has 1 unspecified atom stereocenters. The number of hydrogen-bond acceptors (Lipinski definition) is 2. The van der Waals surface area contributed by atoms with Crippen molar-refractivity contribution in [2.45, 2.75) is 13.3 Å². The van der Waals surface area contributed by atoms with Crippen molar-refractivity contribution in [1.82, 2.24) is 0 Å². The van der Waals surface area contributed by atoms with E-state index in [0.717, 1.165) is 23.5 Å². The summed E-state index contributed by atoms with van der Waals surface area (Å²) in [7, 11) is 0. The first-order chi connectivity index (χ1) is 7.61. The van der Waals surface area contributed by atoms with Gasteiger partial charge in [0.05, 0.1) is 0 Å². The summed E-state index contributed by atoms with van der Waals surface area (Å²) < 4.78 is 0. The quantitative estimate of drug-likeness (QED) is 0.806. The molecule has 86 valence electrons. The lowest BCUT2D eigenvalue weighted by molar-refractivity contribution is -0.117. The molecule has 0 N–H and O–H groups in total. The Morgan fingerprint density at radius 2 is 2.31 bits per heavy atom. The highest BCUT2D eigenvalue weighted by atomic mass is 35.5. The fourth-order valence-corrected chi connectivity index (χ4v) is 2.53. The van der Waals surface area contributed by atoms with Crippen molar-refractivity contribution in [3.05, 3.63) is 28.8 Å². The van der Waals surface area contributed by atoms with E-state index in [9.17, 15) is 4.79 Å². The standard InChI is InChI=1S/C12H14ClNOS/c1-8-4-10(13)2-3-11(8)14-6-9(7-16)5-12(14)15/h2-4,9,16H,5-7H2,1H3. The highest BCUT2D eigenvalue weighted by Gasteiger charge is 2.30. The fourth-order valence-electron chi connectivity index (χ4n) is 2.06. The van der Waals surface area contributed by atoms with Crippen LogP contribution in [0.15, 0.2) is 18.2 Å². The van der Waals surface area contributed by atoms with Crippen molar-refractivity contribution in [3.8, 4) is 0 Å². The fraction of sp³-hybridized carbons (Fsp3) is 0.417. The van der Waals surface area contributed by atoms with Gasteiger partial charge in [-0.3, -0.25) is 4.79 Å². The Bertz CT molecular complexity index is 421. The number of aryl methyl sites for hydroxylation is 1. The number of benzene rings is 1. The van der Waals surface area contributed by atoms with Crippen molar-refractivity contribution in [2.24, 2.45) is 5.92 Å². The Labute approximate surface area is 106 Å². The Morgan fingerprint density at radius 3 is 2.88 bits per heavy atom. The van der Waals surface area contributed by atoms with Gasteiger partial charge in [0.1, 0.15) is 0 Å². The van der Waals surface area contributed by atoms with Crippen LogP contribution in [0.2, 0.25) is 5.02 Å². The van der Waals surface area contributed by atoms with E-state index in [1.54, 1.807) is 0 Å². The molecule has 1 heterocycles. The Balaban J connectivity index is 2.28. The molecule has 1 fully saturated rings. The van der Waals surface area contributed by atoms with Crippen molar-refractivity contribution < 1.29 is 4.79 Å². The molecule has 1 aliphatic rings. The predicted octanol–water partition coefficient (Wildman–Crippen LogP) is 2.93. The van der Waals surface area contributed by atoms with Crippen LogP contribution in [0.1, 0.15) is 12.0 Å².